The number of ether oxygens (including phenoxy) is 1. The van der Waals surface area contributed by atoms with Gasteiger partial charge in [0.15, 0.2) is 11.3 Å². The number of rotatable bonds is 6. The molecule has 0 saturated heterocycles. The minimum Gasteiger partial charge on any atom is -0.487 e. The van der Waals surface area contributed by atoms with E-state index < -0.39 is 10.8 Å². The van der Waals surface area contributed by atoms with Crippen LogP contribution in [0.2, 0.25) is 5.02 Å². The van der Waals surface area contributed by atoms with Gasteiger partial charge in [-0.05, 0) is 68.3 Å². The number of nitrogens with zero attached hydrogens (tertiary/aromatic N) is 2. The lowest BCUT2D eigenvalue weighted by Crippen LogP contribution is -2.12. The number of oxazole rings is 1. The summed E-state index contributed by atoms with van der Waals surface area (Å²) in [6.07, 6.45) is 0. The first-order valence-corrected chi connectivity index (χ1v) is 10.5. The van der Waals surface area contributed by atoms with Gasteiger partial charge in [-0.3, -0.25) is 14.9 Å². The maximum atomic E-state index is 12.8. The van der Waals surface area contributed by atoms with Crippen molar-refractivity contribution >= 4 is 40.0 Å². The van der Waals surface area contributed by atoms with Crippen LogP contribution >= 0.6 is 11.6 Å². The fraction of sp³-hybridized carbons (Fsp3) is 0.167. The fourth-order valence-electron chi connectivity index (χ4n) is 3.54. The first-order chi connectivity index (χ1) is 15.8. The molecule has 168 valence electrons. The number of nitrogens with one attached hydrogen (secondary N) is 1. The molecule has 0 radical (unpaired) electrons. The third kappa shape index (κ3) is 4.51. The van der Waals surface area contributed by atoms with Gasteiger partial charge in [0.25, 0.3) is 5.91 Å². The minimum absolute atomic E-state index is 0.106. The molecule has 0 atom stereocenters. The first-order valence-electron chi connectivity index (χ1n) is 10.2. The monoisotopic (exact) mass is 465 g/mol. The lowest BCUT2D eigenvalue weighted by atomic mass is 10.1. The van der Waals surface area contributed by atoms with Gasteiger partial charge in [-0.25, -0.2) is 4.98 Å². The van der Waals surface area contributed by atoms with Crippen LogP contribution in [0, 0.1) is 24.0 Å². The zero-order valence-corrected chi connectivity index (χ0v) is 18.9. The summed E-state index contributed by atoms with van der Waals surface area (Å²) in [6, 6.07) is 12.9. The second-order valence-electron chi connectivity index (χ2n) is 7.47. The molecule has 1 aromatic heterocycles. The summed E-state index contributed by atoms with van der Waals surface area (Å²) in [5.74, 6) is -0.0794. The van der Waals surface area contributed by atoms with E-state index in [4.69, 9.17) is 20.8 Å². The molecule has 1 N–H and O–H groups in total. The predicted molar refractivity (Wildman–Crippen MR) is 126 cm³/mol. The van der Waals surface area contributed by atoms with Crippen LogP contribution in [0.1, 0.15) is 28.4 Å². The number of carbonyl (C=O) groups excluding carboxylic acids is 1. The highest BCUT2D eigenvalue weighted by Crippen LogP contribution is 2.34. The Morgan fingerprint density at radius 1 is 1.18 bits per heavy atom. The summed E-state index contributed by atoms with van der Waals surface area (Å²) >= 11 is 6.38. The summed E-state index contributed by atoms with van der Waals surface area (Å²) in [7, 11) is 0. The highest BCUT2D eigenvalue weighted by molar-refractivity contribution is 6.33. The third-order valence-corrected chi connectivity index (χ3v) is 5.32. The maximum Gasteiger partial charge on any atom is 0.311 e. The smallest absolute Gasteiger partial charge is 0.311 e. The molecule has 4 aromatic rings. The van der Waals surface area contributed by atoms with Crippen molar-refractivity contribution in [3.63, 3.8) is 0 Å². The van der Waals surface area contributed by atoms with Gasteiger partial charge in [-0.1, -0.05) is 17.7 Å². The van der Waals surface area contributed by atoms with Gasteiger partial charge in [0.05, 0.1) is 22.1 Å². The molecule has 1 amide bonds. The molecule has 3 aromatic carbocycles. The van der Waals surface area contributed by atoms with Gasteiger partial charge in [0.2, 0.25) is 5.89 Å². The van der Waals surface area contributed by atoms with Crippen LogP contribution in [0.3, 0.4) is 0 Å². The summed E-state index contributed by atoms with van der Waals surface area (Å²) in [6.45, 7) is 5.92. The van der Waals surface area contributed by atoms with Crippen molar-refractivity contribution in [3.05, 3.63) is 80.4 Å². The average molecular weight is 466 g/mol. The molecule has 0 bridgehead atoms. The van der Waals surface area contributed by atoms with Crippen molar-refractivity contribution in [2.45, 2.75) is 20.8 Å². The highest BCUT2D eigenvalue weighted by atomic mass is 35.5. The first kappa shape index (κ1) is 22.3. The second-order valence-corrected chi connectivity index (χ2v) is 7.88. The molecule has 0 fully saturated rings. The van der Waals surface area contributed by atoms with E-state index in [1.165, 1.54) is 18.2 Å². The number of halogens is 1. The van der Waals surface area contributed by atoms with Crippen LogP contribution in [0.15, 0.2) is 52.9 Å². The third-order valence-electron chi connectivity index (χ3n) is 4.99. The van der Waals surface area contributed by atoms with Crippen LogP contribution in [0.25, 0.3) is 22.6 Å². The summed E-state index contributed by atoms with van der Waals surface area (Å²) in [5, 5.41) is 14.5. The molecule has 0 aliphatic carbocycles. The number of aromatic nitrogens is 1. The number of nitro groups is 1. The van der Waals surface area contributed by atoms with E-state index in [-0.39, 0.29) is 23.6 Å². The maximum absolute atomic E-state index is 12.8. The summed E-state index contributed by atoms with van der Waals surface area (Å²) in [5.41, 5.74) is 4.20. The predicted octanol–water partition coefficient (Wildman–Crippen LogP) is 6.32. The van der Waals surface area contributed by atoms with Gasteiger partial charge in [0.1, 0.15) is 5.52 Å². The zero-order valence-electron chi connectivity index (χ0n) is 18.1. The second kappa shape index (κ2) is 8.91. The quantitative estimate of drug-likeness (QED) is 0.263. The molecule has 0 saturated carbocycles. The summed E-state index contributed by atoms with van der Waals surface area (Å²) < 4.78 is 11.2. The van der Waals surface area contributed by atoms with Crippen LogP contribution < -0.4 is 10.1 Å². The largest absolute Gasteiger partial charge is 0.487 e. The minimum atomic E-state index is -0.584. The van der Waals surface area contributed by atoms with Gasteiger partial charge >= 0.3 is 5.69 Å². The fourth-order valence-corrected chi connectivity index (χ4v) is 3.74. The molecule has 0 aliphatic rings. The number of hydrogen-bond donors (Lipinski definition) is 1. The van der Waals surface area contributed by atoms with E-state index in [2.05, 4.69) is 10.3 Å². The molecule has 33 heavy (non-hydrogen) atoms. The number of hydrogen-bond acceptors (Lipinski definition) is 6. The molecule has 9 heteroatoms. The molecule has 8 nitrogen and oxygen atoms in total. The number of fused-ring (bicyclic) bond motifs is 1. The van der Waals surface area contributed by atoms with Gasteiger partial charge in [-0.15, -0.1) is 0 Å². The van der Waals surface area contributed by atoms with Crippen molar-refractivity contribution in [1.29, 1.82) is 0 Å². The average Bonchev–Trinajstić information content (AvgIpc) is 3.19. The van der Waals surface area contributed by atoms with Crippen molar-refractivity contribution in [3.8, 4) is 17.2 Å². The number of aryl methyl sites for hydroxylation is 2. The molecular weight excluding hydrogens is 446 g/mol. The molecule has 0 aliphatic heterocycles. The standard InChI is InChI=1S/C24H20ClN3O5/c1-4-32-21-8-5-15(11-20(21)28(30)31)23(29)26-16-6-7-18(25)17(12-16)24-27-19-10-13(2)9-14(3)22(19)33-24/h5-12H,4H2,1-3H3,(H,26,29). The topological polar surface area (TPSA) is 108 Å². The van der Waals surface area contributed by atoms with E-state index in [0.29, 0.717) is 27.7 Å². The van der Waals surface area contributed by atoms with Gasteiger partial charge in [0, 0.05) is 17.3 Å². The van der Waals surface area contributed by atoms with E-state index in [0.717, 1.165) is 16.6 Å². The Morgan fingerprint density at radius 3 is 2.70 bits per heavy atom. The number of anilines is 1. The number of nitro benzene ring substituents is 1. The lowest BCUT2D eigenvalue weighted by molar-refractivity contribution is -0.385. The summed E-state index contributed by atoms with van der Waals surface area (Å²) in [4.78, 5) is 28.1. The van der Waals surface area contributed by atoms with Crippen molar-refractivity contribution in [2.75, 3.05) is 11.9 Å². The number of benzene rings is 3. The number of amides is 1. The van der Waals surface area contributed by atoms with Crippen LogP contribution in [-0.2, 0) is 0 Å². The lowest BCUT2D eigenvalue weighted by Gasteiger charge is -2.09. The Bertz CT molecular complexity index is 1400. The molecule has 4 rings (SSSR count). The van der Waals surface area contributed by atoms with Crippen molar-refractivity contribution < 1.29 is 18.9 Å². The Morgan fingerprint density at radius 2 is 1.97 bits per heavy atom. The highest BCUT2D eigenvalue weighted by Gasteiger charge is 2.20. The number of carbonyl (C=O) groups is 1. The van der Waals surface area contributed by atoms with E-state index in [1.807, 2.05) is 26.0 Å². The van der Waals surface area contributed by atoms with Crippen molar-refractivity contribution in [2.24, 2.45) is 0 Å². The van der Waals surface area contributed by atoms with E-state index in [9.17, 15) is 14.9 Å². The Balaban J connectivity index is 1.65. The van der Waals surface area contributed by atoms with E-state index in [1.54, 1.807) is 25.1 Å². The molecule has 0 unspecified atom stereocenters. The van der Waals surface area contributed by atoms with Crippen molar-refractivity contribution in [1.82, 2.24) is 4.98 Å². The Kier molecular flexibility index (Phi) is 6.02. The molecule has 0 spiro atoms. The van der Waals surface area contributed by atoms with Gasteiger partial charge in [-0.2, -0.15) is 0 Å². The van der Waals surface area contributed by atoms with Crippen LogP contribution in [-0.4, -0.2) is 22.4 Å². The Labute approximate surface area is 194 Å². The van der Waals surface area contributed by atoms with Crippen LogP contribution in [0.4, 0.5) is 11.4 Å². The van der Waals surface area contributed by atoms with Gasteiger partial charge < -0.3 is 14.5 Å². The molecule has 1 heterocycles. The normalized spacial score (nSPS) is 10.9. The Hall–Kier alpha value is -3.91. The van der Waals surface area contributed by atoms with E-state index >= 15 is 0 Å². The van der Waals surface area contributed by atoms with Crippen LogP contribution in [0.5, 0.6) is 5.75 Å². The SMILES string of the molecule is CCOc1ccc(C(=O)Nc2ccc(Cl)c(-c3nc4cc(C)cc(C)c4o3)c2)cc1[N+](=O)[O-]. The molecular formula is C24H20ClN3O5. The zero-order chi connectivity index (χ0) is 23.7.